The molecule has 0 radical (unpaired) electrons. The summed E-state index contributed by atoms with van der Waals surface area (Å²) < 4.78 is 0. The highest BCUT2D eigenvalue weighted by Gasteiger charge is 1.89. The minimum Gasteiger partial charge on any atom is -0.478 e. The summed E-state index contributed by atoms with van der Waals surface area (Å²) in [6.07, 6.45) is 1.72. The molecule has 0 saturated carbocycles. The Bertz CT molecular complexity index is 237. The van der Waals surface area contributed by atoms with Crippen LogP contribution in [0.1, 0.15) is 0 Å². The number of amides is 3. The Morgan fingerprint density at radius 2 is 1.57 bits per heavy atom. The Morgan fingerprint density at radius 1 is 1.14 bits per heavy atom. The SMILES string of the molecule is CNC(=O)/C=C\C(=O)O.CNC(N)=O. The fourth-order valence-electron chi connectivity index (χ4n) is 0.230. The molecule has 0 bridgehead atoms. The van der Waals surface area contributed by atoms with Crippen LogP contribution in [0.3, 0.4) is 0 Å². The van der Waals surface area contributed by atoms with Crippen molar-refractivity contribution in [3.05, 3.63) is 12.2 Å². The normalized spacial score (nSPS) is 8.43. The van der Waals surface area contributed by atoms with Crippen molar-refractivity contribution in [2.75, 3.05) is 14.1 Å². The Balaban J connectivity index is 0. The van der Waals surface area contributed by atoms with Crippen LogP contribution in [0, 0.1) is 0 Å². The molecule has 0 aromatic carbocycles. The quantitative estimate of drug-likeness (QED) is 0.415. The number of nitrogens with one attached hydrogen (secondary N) is 2. The Hall–Kier alpha value is -2.05. The number of rotatable bonds is 2. The molecule has 0 fully saturated rings. The van der Waals surface area contributed by atoms with E-state index in [1.165, 1.54) is 14.1 Å². The number of primary amides is 1. The molecule has 14 heavy (non-hydrogen) atoms. The number of carbonyl (C=O) groups is 3. The van der Waals surface area contributed by atoms with Gasteiger partial charge in [0, 0.05) is 26.2 Å². The third-order valence-corrected chi connectivity index (χ3v) is 0.870. The molecule has 0 unspecified atom stereocenters. The second-order valence-electron chi connectivity index (χ2n) is 1.90. The minimum atomic E-state index is -1.13. The van der Waals surface area contributed by atoms with E-state index in [2.05, 4.69) is 16.4 Å². The van der Waals surface area contributed by atoms with Crippen molar-refractivity contribution < 1.29 is 19.5 Å². The second kappa shape index (κ2) is 9.04. The lowest BCUT2D eigenvalue weighted by Crippen LogP contribution is -2.24. The third kappa shape index (κ3) is 16.5. The molecule has 0 aromatic heterocycles. The first-order valence-corrected chi connectivity index (χ1v) is 3.54. The molecule has 0 saturated heterocycles. The molecule has 5 N–H and O–H groups in total. The van der Waals surface area contributed by atoms with Crippen LogP contribution < -0.4 is 16.4 Å². The molecule has 3 amide bonds. The molecule has 0 spiro atoms. The van der Waals surface area contributed by atoms with Gasteiger partial charge in [-0.2, -0.15) is 0 Å². The zero-order valence-corrected chi connectivity index (χ0v) is 7.90. The number of likely N-dealkylation sites (N-methyl/N-ethyl adjacent to an activating group) is 1. The number of nitrogens with two attached hydrogens (primary N) is 1. The maximum Gasteiger partial charge on any atom is 0.328 e. The lowest BCUT2D eigenvalue weighted by molar-refractivity contribution is -0.131. The summed E-state index contributed by atoms with van der Waals surface area (Å²) in [5, 5.41) is 12.4. The van der Waals surface area contributed by atoms with Crippen LogP contribution in [-0.4, -0.2) is 37.1 Å². The third-order valence-electron chi connectivity index (χ3n) is 0.870. The van der Waals surface area contributed by atoms with Gasteiger partial charge in [0.25, 0.3) is 0 Å². The van der Waals surface area contributed by atoms with E-state index in [0.29, 0.717) is 0 Å². The van der Waals surface area contributed by atoms with E-state index in [1.54, 1.807) is 0 Å². The van der Waals surface area contributed by atoms with Crippen molar-refractivity contribution in [1.29, 1.82) is 0 Å². The standard InChI is InChI=1S/C5H7NO3.C2H6N2O/c1-6-4(7)2-3-5(8)9;1-4-2(3)5/h2-3H,1H3,(H,6,7)(H,8,9);1H3,(H3,3,4,5)/b3-2-;. The van der Waals surface area contributed by atoms with Gasteiger partial charge in [-0.25, -0.2) is 9.59 Å². The number of carbonyl (C=O) groups excluding carboxylic acids is 2. The fourth-order valence-corrected chi connectivity index (χ4v) is 0.230. The number of urea groups is 1. The van der Waals surface area contributed by atoms with Gasteiger partial charge in [-0.05, 0) is 0 Å². The van der Waals surface area contributed by atoms with Crippen LogP contribution in [0.25, 0.3) is 0 Å². The van der Waals surface area contributed by atoms with E-state index in [0.717, 1.165) is 12.2 Å². The van der Waals surface area contributed by atoms with E-state index >= 15 is 0 Å². The summed E-state index contributed by atoms with van der Waals surface area (Å²) in [5.74, 6) is -1.55. The first-order chi connectivity index (χ1) is 6.43. The Kier molecular flexibility index (Phi) is 9.35. The van der Waals surface area contributed by atoms with Crippen LogP contribution in [0.4, 0.5) is 4.79 Å². The van der Waals surface area contributed by atoms with Crippen molar-refractivity contribution in [2.24, 2.45) is 5.73 Å². The van der Waals surface area contributed by atoms with Crippen molar-refractivity contribution in [1.82, 2.24) is 10.6 Å². The average molecular weight is 203 g/mol. The van der Waals surface area contributed by atoms with E-state index in [9.17, 15) is 14.4 Å². The van der Waals surface area contributed by atoms with Crippen molar-refractivity contribution in [3.8, 4) is 0 Å². The zero-order chi connectivity index (χ0) is 11.6. The molecule has 7 heteroatoms. The maximum atomic E-state index is 10.3. The fraction of sp³-hybridized carbons (Fsp3) is 0.286. The molecule has 80 valence electrons. The summed E-state index contributed by atoms with van der Waals surface area (Å²) in [7, 11) is 2.90. The maximum absolute atomic E-state index is 10.3. The van der Waals surface area contributed by atoms with Gasteiger partial charge in [-0.15, -0.1) is 0 Å². The molecule has 0 rings (SSSR count). The molecule has 0 aromatic rings. The molecular formula is C7H13N3O4. The van der Waals surface area contributed by atoms with E-state index < -0.39 is 17.9 Å². The van der Waals surface area contributed by atoms with Crippen LogP contribution >= 0.6 is 0 Å². The van der Waals surface area contributed by atoms with Gasteiger partial charge in [0.1, 0.15) is 0 Å². The smallest absolute Gasteiger partial charge is 0.328 e. The van der Waals surface area contributed by atoms with Crippen LogP contribution in [0.5, 0.6) is 0 Å². The van der Waals surface area contributed by atoms with Crippen molar-refractivity contribution in [3.63, 3.8) is 0 Å². The molecule has 0 aliphatic rings. The first-order valence-electron chi connectivity index (χ1n) is 3.54. The summed E-state index contributed by atoms with van der Waals surface area (Å²) in [6, 6.07) is -0.495. The molecule has 0 atom stereocenters. The largest absolute Gasteiger partial charge is 0.478 e. The van der Waals surface area contributed by atoms with Gasteiger partial charge in [0.05, 0.1) is 0 Å². The molecule has 7 nitrogen and oxygen atoms in total. The lowest BCUT2D eigenvalue weighted by Gasteiger charge is -1.85. The first kappa shape index (κ1) is 14.5. The van der Waals surface area contributed by atoms with Gasteiger partial charge in [-0.1, -0.05) is 0 Å². The monoisotopic (exact) mass is 203 g/mol. The molecule has 0 aliphatic carbocycles. The van der Waals surface area contributed by atoms with Gasteiger partial charge >= 0.3 is 12.0 Å². The van der Waals surface area contributed by atoms with Gasteiger partial charge < -0.3 is 21.5 Å². The van der Waals surface area contributed by atoms with Crippen LogP contribution in [0.2, 0.25) is 0 Å². The number of aliphatic carboxylic acids is 1. The van der Waals surface area contributed by atoms with Crippen molar-refractivity contribution >= 4 is 17.9 Å². The van der Waals surface area contributed by atoms with E-state index in [1.807, 2.05) is 0 Å². The molecule has 0 aliphatic heterocycles. The van der Waals surface area contributed by atoms with E-state index in [-0.39, 0.29) is 0 Å². The van der Waals surface area contributed by atoms with Gasteiger partial charge in [0.2, 0.25) is 5.91 Å². The average Bonchev–Trinajstić information content (AvgIpc) is 2.14. The summed E-state index contributed by atoms with van der Waals surface area (Å²) in [5.41, 5.74) is 4.54. The Morgan fingerprint density at radius 3 is 1.79 bits per heavy atom. The summed E-state index contributed by atoms with van der Waals surface area (Å²) >= 11 is 0. The highest BCUT2D eigenvalue weighted by Crippen LogP contribution is 1.71. The number of hydrogen-bond donors (Lipinski definition) is 4. The zero-order valence-electron chi connectivity index (χ0n) is 7.90. The lowest BCUT2D eigenvalue weighted by atomic mass is 10.5. The second-order valence-corrected chi connectivity index (χ2v) is 1.90. The highest BCUT2D eigenvalue weighted by molar-refractivity contribution is 5.93. The van der Waals surface area contributed by atoms with E-state index in [4.69, 9.17) is 5.11 Å². The predicted molar refractivity (Wildman–Crippen MR) is 49.5 cm³/mol. The predicted octanol–water partition coefficient (Wildman–Crippen LogP) is -1.34. The van der Waals surface area contributed by atoms with Gasteiger partial charge in [-0.3, -0.25) is 4.79 Å². The minimum absolute atomic E-state index is 0.419. The summed E-state index contributed by atoms with van der Waals surface area (Å²) in [4.78, 5) is 29.5. The number of carboxylic acid groups (broad SMARTS) is 1. The van der Waals surface area contributed by atoms with Crippen LogP contribution in [0.15, 0.2) is 12.2 Å². The summed E-state index contributed by atoms with van der Waals surface area (Å²) in [6.45, 7) is 0. The van der Waals surface area contributed by atoms with Gasteiger partial charge in [0.15, 0.2) is 0 Å². The topological polar surface area (TPSA) is 122 Å². The van der Waals surface area contributed by atoms with Crippen LogP contribution in [-0.2, 0) is 9.59 Å². The number of carboxylic acids is 1. The molecule has 0 heterocycles. The molecular weight excluding hydrogens is 190 g/mol. The Labute approximate surface area is 81.0 Å². The number of hydrogen-bond acceptors (Lipinski definition) is 3. The van der Waals surface area contributed by atoms with Crippen molar-refractivity contribution in [2.45, 2.75) is 0 Å². The highest BCUT2D eigenvalue weighted by atomic mass is 16.4.